The number of benzene rings is 2. The van der Waals surface area contributed by atoms with E-state index >= 15 is 0 Å². The van der Waals surface area contributed by atoms with E-state index in [1.165, 1.54) is 12.1 Å². The maximum atomic E-state index is 13.5. The van der Waals surface area contributed by atoms with Crippen molar-refractivity contribution >= 4 is 5.97 Å². The fraction of sp³-hybridized carbons (Fsp3) is 0.375. The van der Waals surface area contributed by atoms with E-state index in [0.717, 1.165) is 6.07 Å². The highest BCUT2D eigenvalue weighted by Gasteiger charge is 2.35. The summed E-state index contributed by atoms with van der Waals surface area (Å²) in [5.41, 5.74) is -0.230. The van der Waals surface area contributed by atoms with Crippen LogP contribution in [-0.2, 0) is 11.0 Å². The van der Waals surface area contributed by atoms with Gasteiger partial charge in [0.2, 0.25) is 5.82 Å². The van der Waals surface area contributed by atoms with Crippen LogP contribution < -0.4 is 9.47 Å². The van der Waals surface area contributed by atoms with Gasteiger partial charge in [0.1, 0.15) is 11.5 Å². The van der Waals surface area contributed by atoms with Gasteiger partial charge in [-0.3, -0.25) is 4.79 Å². The third-order valence-electron chi connectivity index (χ3n) is 4.88. The number of nitrogens with zero attached hydrogens (tertiary/aromatic N) is 2. The lowest BCUT2D eigenvalue weighted by molar-refractivity contribution is -0.142. The van der Waals surface area contributed by atoms with Crippen molar-refractivity contribution in [3.8, 4) is 34.3 Å². The van der Waals surface area contributed by atoms with Gasteiger partial charge in [-0.25, -0.2) is 0 Å². The van der Waals surface area contributed by atoms with Gasteiger partial charge >= 0.3 is 12.1 Å². The molecule has 182 valence electrons. The van der Waals surface area contributed by atoms with Crippen LogP contribution >= 0.6 is 0 Å². The number of carboxylic acid groups (broad SMARTS) is 1. The molecule has 0 amide bonds. The van der Waals surface area contributed by atoms with Crippen molar-refractivity contribution in [3.05, 3.63) is 48.0 Å². The minimum Gasteiger partial charge on any atom is -0.491 e. The van der Waals surface area contributed by atoms with Crippen molar-refractivity contribution in [1.29, 1.82) is 0 Å². The highest BCUT2D eigenvalue weighted by Crippen LogP contribution is 2.39. The Morgan fingerprint density at radius 2 is 1.68 bits per heavy atom. The Balaban J connectivity index is 1.77. The van der Waals surface area contributed by atoms with Crippen molar-refractivity contribution in [1.82, 2.24) is 10.1 Å². The van der Waals surface area contributed by atoms with Crippen LogP contribution in [0.1, 0.15) is 39.7 Å². The number of rotatable bonds is 9. The van der Waals surface area contributed by atoms with Gasteiger partial charge in [-0.1, -0.05) is 12.1 Å². The van der Waals surface area contributed by atoms with Gasteiger partial charge in [-0.2, -0.15) is 18.2 Å². The lowest BCUT2D eigenvalue weighted by atomic mass is 10.1. The molecule has 34 heavy (non-hydrogen) atoms. The zero-order chi connectivity index (χ0) is 25.0. The van der Waals surface area contributed by atoms with E-state index in [-0.39, 0.29) is 29.1 Å². The van der Waals surface area contributed by atoms with Gasteiger partial charge in [-0.15, -0.1) is 0 Å². The molecule has 0 saturated carbocycles. The summed E-state index contributed by atoms with van der Waals surface area (Å²) in [6.07, 6.45) is -4.98. The van der Waals surface area contributed by atoms with Gasteiger partial charge in [0.05, 0.1) is 23.7 Å². The van der Waals surface area contributed by atoms with Crippen LogP contribution in [0.2, 0.25) is 0 Å². The van der Waals surface area contributed by atoms with E-state index in [2.05, 4.69) is 10.1 Å². The predicted octanol–water partition coefficient (Wildman–Crippen LogP) is 6.09. The van der Waals surface area contributed by atoms with E-state index in [1.54, 1.807) is 52.0 Å². The van der Waals surface area contributed by atoms with Crippen LogP contribution in [0.3, 0.4) is 0 Å². The van der Waals surface area contributed by atoms with Crippen LogP contribution in [0.4, 0.5) is 13.2 Å². The van der Waals surface area contributed by atoms with Crippen molar-refractivity contribution in [2.75, 3.05) is 0 Å². The number of hydrogen-bond donors (Lipinski definition) is 1. The summed E-state index contributed by atoms with van der Waals surface area (Å²) in [6.45, 7) is 6.69. The van der Waals surface area contributed by atoms with Crippen LogP contribution in [-0.4, -0.2) is 33.4 Å². The summed E-state index contributed by atoms with van der Waals surface area (Å²) in [4.78, 5) is 15.2. The maximum absolute atomic E-state index is 13.5. The first-order valence-corrected chi connectivity index (χ1v) is 10.7. The molecule has 7 nitrogen and oxygen atoms in total. The molecular weight excluding hydrogens is 453 g/mol. The van der Waals surface area contributed by atoms with Crippen molar-refractivity contribution in [2.24, 2.45) is 5.92 Å². The number of alkyl halides is 3. The highest BCUT2D eigenvalue weighted by atomic mass is 19.4. The van der Waals surface area contributed by atoms with Gasteiger partial charge in [0.25, 0.3) is 5.89 Å². The molecule has 0 aliphatic heterocycles. The number of ether oxygens (including phenoxy) is 2. The molecular formula is C24H25F3N2O5. The van der Waals surface area contributed by atoms with Crippen LogP contribution in [0.25, 0.3) is 22.8 Å². The molecule has 0 aliphatic rings. The Morgan fingerprint density at radius 1 is 1.03 bits per heavy atom. The second kappa shape index (κ2) is 10.1. The third-order valence-corrected chi connectivity index (χ3v) is 4.88. The molecule has 1 heterocycles. The van der Waals surface area contributed by atoms with E-state index in [0.29, 0.717) is 17.7 Å². The second-order valence-corrected chi connectivity index (χ2v) is 8.23. The molecule has 1 N–H and O–H groups in total. The van der Waals surface area contributed by atoms with Crippen molar-refractivity contribution in [2.45, 2.75) is 52.5 Å². The number of carboxylic acids is 1. The molecule has 1 aromatic heterocycles. The highest BCUT2D eigenvalue weighted by molar-refractivity contribution is 5.69. The molecule has 0 bridgehead atoms. The Hall–Kier alpha value is -3.56. The predicted molar refractivity (Wildman–Crippen MR) is 117 cm³/mol. The Bertz CT molecular complexity index is 1130. The third kappa shape index (κ3) is 6.27. The number of aromatic nitrogens is 2. The molecule has 0 spiro atoms. The SMILES string of the molecule is CC(C)Oc1ccc(-c2noc(-c3ccc(OC(C)CC(C)C(=O)O)cc3)n2)cc1C(F)(F)F. The minimum atomic E-state index is -4.61. The molecule has 0 radical (unpaired) electrons. The molecule has 2 aromatic carbocycles. The molecule has 3 rings (SSSR count). The van der Waals surface area contributed by atoms with Gasteiger partial charge in [0.15, 0.2) is 0 Å². The monoisotopic (exact) mass is 478 g/mol. The van der Waals surface area contributed by atoms with Crippen molar-refractivity contribution in [3.63, 3.8) is 0 Å². The molecule has 0 fully saturated rings. The smallest absolute Gasteiger partial charge is 0.419 e. The van der Waals surface area contributed by atoms with Crippen molar-refractivity contribution < 1.29 is 37.1 Å². The number of halogens is 3. The van der Waals surface area contributed by atoms with Gasteiger partial charge < -0.3 is 19.1 Å². The average molecular weight is 478 g/mol. The van der Waals surface area contributed by atoms with Gasteiger partial charge in [-0.05, 0) is 69.7 Å². The first-order chi connectivity index (χ1) is 15.9. The number of carbonyl (C=O) groups is 1. The molecule has 2 atom stereocenters. The Morgan fingerprint density at radius 3 is 2.26 bits per heavy atom. The lowest BCUT2D eigenvalue weighted by Gasteiger charge is -2.16. The summed E-state index contributed by atoms with van der Waals surface area (Å²) >= 11 is 0. The molecule has 10 heteroatoms. The maximum Gasteiger partial charge on any atom is 0.419 e. The van der Waals surface area contributed by atoms with E-state index in [4.69, 9.17) is 19.1 Å². The lowest BCUT2D eigenvalue weighted by Crippen LogP contribution is -2.20. The fourth-order valence-electron chi connectivity index (χ4n) is 3.26. The van der Waals surface area contributed by atoms with Crippen LogP contribution in [0, 0.1) is 5.92 Å². The summed E-state index contributed by atoms with van der Waals surface area (Å²) in [5, 5.41) is 12.8. The first kappa shape index (κ1) is 25.1. The van der Waals surface area contributed by atoms with E-state index in [1.807, 2.05) is 0 Å². The van der Waals surface area contributed by atoms with E-state index < -0.39 is 29.7 Å². The fourth-order valence-corrected chi connectivity index (χ4v) is 3.26. The quantitative estimate of drug-likeness (QED) is 0.398. The standard InChI is InChI=1S/C24H25F3N2O5/c1-13(2)32-20-10-7-17(12-19(20)24(25,26)27)21-28-22(34-29-21)16-5-8-18(9-6-16)33-15(4)11-14(3)23(30)31/h5-10,12-15H,11H2,1-4H3,(H,30,31). The topological polar surface area (TPSA) is 94.7 Å². The zero-order valence-corrected chi connectivity index (χ0v) is 19.1. The van der Waals surface area contributed by atoms with Crippen LogP contribution in [0.15, 0.2) is 47.0 Å². The molecule has 2 unspecified atom stereocenters. The summed E-state index contributed by atoms with van der Waals surface area (Å²) in [7, 11) is 0. The largest absolute Gasteiger partial charge is 0.491 e. The second-order valence-electron chi connectivity index (χ2n) is 8.23. The molecule has 0 saturated heterocycles. The molecule has 0 aliphatic carbocycles. The zero-order valence-electron chi connectivity index (χ0n) is 19.1. The normalized spacial score (nSPS) is 13.5. The first-order valence-electron chi connectivity index (χ1n) is 10.7. The summed E-state index contributed by atoms with van der Waals surface area (Å²) in [6, 6.07) is 10.3. The minimum absolute atomic E-state index is 0.00760. The van der Waals surface area contributed by atoms with Crippen LogP contribution in [0.5, 0.6) is 11.5 Å². The molecule has 3 aromatic rings. The Labute approximate surface area is 194 Å². The van der Waals surface area contributed by atoms with Gasteiger partial charge in [0, 0.05) is 11.1 Å². The Kier molecular flexibility index (Phi) is 7.48. The average Bonchev–Trinajstić information content (AvgIpc) is 3.23. The summed E-state index contributed by atoms with van der Waals surface area (Å²) < 4.78 is 56.8. The van der Waals surface area contributed by atoms with E-state index in [9.17, 15) is 18.0 Å². The number of hydrogen-bond acceptors (Lipinski definition) is 6. The number of aliphatic carboxylic acids is 1. The summed E-state index contributed by atoms with van der Waals surface area (Å²) in [5.74, 6) is -1.02.